The Balaban J connectivity index is 1.67. The van der Waals surface area contributed by atoms with Gasteiger partial charge in [-0.25, -0.2) is 0 Å². The molecule has 2 aliphatic rings. The van der Waals surface area contributed by atoms with Gasteiger partial charge in [0, 0.05) is 55.4 Å². The first-order chi connectivity index (χ1) is 10.3. The highest BCUT2D eigenvalue weighted by Gasteiger charge is 2.21. The molecule has 0 radical (unpaired) electrons. The monoisotopic (exact) mass is 312 g/mol. The van der Waals surface area contributed by atoms with Gasteiger partial charge in [0.05, 0.1) is 13.2 Å². The number of hydrogen-bond acceptors (Lipinski definition) is 5. The third kappa shape index (κ3) is 3.67. The molecule has 1 fully saturated rings. The van der Waals surface area contributed by atoms with E-state index in [9.17, 15) is 0 Å². The Morgan fingerprint density at radius 1 is 1.14 bits per heavy atom. The number of hydrogen-bond donors (Lipinski definition) is 1. The lowest BCUT2D eigenvalue weighted by molar-refractivity contribution is -0.0176. The van der Waals surface area contributed by atoms with Crippen molar-refractivity contribution in [3.8, 4) is 5.75 Å². The molecule has 5 nitrogen and oxygen atoms in total. The van der Waals surface area contributed by atoms with Crippen LogP contribution in [0.3, 0.4) is 0 Å². The van der Waals surface area contributed by atoms with Crippen molar-refractivity contribution in [2.45, 2.75) is 13.2 Å². The third-order valence-electron chi connectivity index (χ3n) is 4.03. The molecule has 3 rings (SSSR count). The van der Waals surface area contributed by atoms with Gasteiger partial charge in [0.15, 0.2) is 6.79 Å². The summed E-state index contributed by atoms with van der Waals surface area (Å²) in [7, 11) is 0. The van der Waals surface area contributed by atoms with Gasteiger partial charge in [-0.2, -0.15) is 0 Å². The maximum atomic E-state index is 8.98. The zero-order valence-corrected chi connectivity index (χ0v) is 12.8. The molecule has 0 bridgehead atoms. The number of aliphatic hydroxyl groups excluding tert-OH is 1. The van der Waals surface area contributed by atoms with E-state index in [1.807, 2.05) is 12.1 Å². The molecule has 0 unspecified atom stereocenters. The van der Waals surface area contributed by atoms with E-state index >= 15 is 0 Å². The Morgan fingerprint density at radius 3 is 2.67 bits per heavy atom. The van der Waals surface area contributed by atoms with Gasteiger partial charge < -0.3 is 14.6 Å². The van der Waals surface area contributed by atoms with Gasteiger partial charge in [0.25, 0.3) is 0 Å². The van der Waals surface area contributed by atoms with Crippen molar-refractivity contribution < 1.29 is 14.6 Å². The Hall–Kier alpha value is -0.850. The first kappa shape index (κ1) is 15.1. The van der Waals surface area contributed by atoms with Crippen LogP contribution < -0.4 is 4.74 Å². The molecule has 1 saturated heterocycles. The summed E-state index contributed by atoms with van der Waals surface area (Å²) in [5, 5.41) is 9.72. The van der Waals surface area contributed by atoms with Gasteiger partial charge in [-0.3, -0.25) is 9.80 Å². The van der Waals surface area contributed by atoms with Crippen molar-refractivity contribution >= 4 is 11.6 Å². The van der Waals surface area contributed by atoms with E-state index in [4.69, 9.17) is 26.2 Å². The van der Waals surface area contributed by atoms with Crippen LogP contribution in [0.1, 0.15) is 11.1 Å². The van der Waals surface area contributed by atoms with E-state index in [-0.39, 0.29) is 6.61 Å². The van der Waals surface area contributed by atoms with Crippen LogP contribution in [0.5, 0.6) is 5.75 Å². The highest BCUT2D eigenvalue weighted by molar-refractivity contribution is 6.30. The molecule has 0 aliphatic carbocycles. The van der Waals surface area contributed by atoms with E-state index in [0.29, 0.717) is 13.4 Å². The number of aliphatic hydroxyl groups is 1. The van der Waals surface area contributed by atoms with Crippen molar-refractivity contribution in [1.82, 2.24) is 9.80 Å². The van der Waals surface area contributed by atoms with Gasteiger partial charge in [-0.1, -0.05) is 11.6 Å². The average molecular weight is 313 g/mol. The summed E-state index contributed by atoms with van der Waals surface area (Å²) in [5.74, 6) is 0.934. The van der Waals surface area contributed by atoms with E-state index in [1.165, 1.54) is 0 Å². The number of fused-ring (bicyclic) bond motifs is 1. The number of β-amino-alcohol motifs (C(OH)–C–C–N with tert-alkyl or cyclic N) is 1. The standard InChI is InChI=1S/C15H21ClN2O3/c16-14-7-12(15-13(8-14)10-20-11-21-15)9-18-3-1-17(2-4-18)5-6-19/h7-8,19H,1-6,9-11H2. The van der Waals surface area contributed by atoms with Gasteiger partial charge in [-0.15, -0.1) is 0 Å². The Morgan fingerprint density at radius 2 is 1.90 bits per heavy atom. The molecule has 2 aliphatic heterocycles. The Labute approximate surface area is 130 Å². The third-order valence-corrected chi connectivity index (χ3v) is 4.25. The zero-order valence-electron chi connectivity index (χ0n) is 12.1. The molecule has 0 atom stereocenters. The molecule has 6 heteroatoms. The molecule has 0 spiro atoms. The second kappa shape index (κ2) is 6.94. The summed E-state index contributed by atoms with van der Waals surface area (Å²) in [6.07, 6.45) is 0. The molecule has 1 N–H and O–H groups in total. The molecule has 1 aromatic rings. The van der Waals surface area contributed by atoms with Crippen LogP contribution in [0, 0.1) is 0 Å². The average Bonchev–Trinajstić information content (AvgIpc) is 2.49. The lowest BCUT2D eigenvalue weighted by Crippen LogP contribution is -2.46. The van der Waals surface area contributed by atoms with Crippen LogP contribution in [0.4, 0.5) is 0 Å². The second-order valence-corrected chi connectivity index (χ2v) is 5.94. The van der Waals surface area contributed by atoms with E-state index < -0.39 is 0 Å². The molecule has 2 heterocycles. The van der Waals surface area contributed by atoms with E-state index in [1.54, 1.807) is 0 Å². The maximum absolute atomic E-state index is 8.98. The van der Waals surface area contributed by atoms with E-state index in [0.717, 1.165) is 61.2 Å². The minimum atomic E-state index is 0.232. The minimum absolute atomic E-state index is 0.232. The molecule has 0 aromatic heterocycles. The van der Waals surface area contributed by atoms with Crippen LogP contribution >= 0.6 is 11.6 Å². The smallest absolute Gasteiger partial charge is 0.189 e. The summed E-state index contributed by atoms with van der Waals surface area (Å²) in [6.45, 7) is 6.70. The largest absolute Gasteiger partial charge is 0.467 e. The number of piperazine rings is 1. The van der Waals surface area contributed by atoms with Crippen molar-refractivity contribution in [1.29, 1.82) is 0 Å². The number of halogens is 1. The van der Waals surface area contributed by atoms with Crippen LogP contribution in [-0.4, -0.2) is 61.0 Å². The fourth-order valence-corrected chi connectivity index (χ4v) is 3.19. The van der Waals surface area contributed by atoms with Crippen molar-refractivity contribution in [3.63, 3.8) is 0 Å². The molecule has 0 amide bonds. The molecular weight excluding hydrogens is 292 g/mol. The van der Waals surface area contributed by atoms with Gasteiger partial charge in [0.1, 0.15) is 5.75 Å². The fourth-order valence-electron chi connectivity index (χ4n) is 2.93. The summed E-state index contributed by atoms with van der Waals surface area (Å²) in [5.41, 5.74) is 2.17. The van der Waals surface area contributed by atoms with Crippen LogP contribution in [-0.2, 0) is 17.9 Å². The maximum Gasteiger partial charge on any atom is 0.189 e. The van der Waals surface area contributed by atoms with Crippen LogP contribution in [0.2, 0.25) is 5.02 Å². The van der Waals surface area contributed by atoms with Crippen LogP contribution in [0.15, 0.2) is 12.1 Å². The molecular formula is C15H21ClN2O3. The predicted molar refractivity (Wildman–Crippen MR) is 80.5 cm³/mol. The number of nitrogens with zero attached hydrogens (tertiary/aromatic N) is 2. The minimum Gasteiger partial charge on any atom is -0.467 e. The first-order valence-corrected chi connectivity index (χ1v) is 7.71. The van der Waals surface area contributed by atoms with Crippen molar-refractivity contribution in [2.24, 2.45) is 0 Å². The highest BCUT2D eigenvalue weighted by Crippen LogP contribution is 2.32. The summed E-state index contributed by atoms with van der Waals surface area (Å²) in [4.78, 5) is 4.69. The van der Waals surface area contributed by atoms with Gasteiger partial charge >= 0.3 is 0 Å². The molecule has 1 aromatic carbocycles. The summed E-state index contributed by atoms with van der Waals surface area (Å²) < 4.78 is 11.0. The van der Waals surface area contributed by atoms with Crippen molar-refractivity contribution in [3.05, 3.63) is 28.3 Å². The topological polar surface area (TPSA) is 45.2 Å². The molecule has 21 heavy (non-hydrogen) atoms. The number of benzene rings is 1. The van der Waals surface area contributed by atoms with Gasteiger partial charge in [-0.05, 0) is 12.1 Å². The molecule has 116 valence electrons. The Kier molecular flexibility index (Phi) is 4.98. The van der Waals surface area contributed by atoms with Crippen LogP contribution in [0.25, 0.3) is 0 Å². The zero-order chi connectivity index (χ0) is 14.7. The molecule has 0 saturated carbocycles. The van der Waals surface area contributed by atoms with Crippen molar-refractivity contribution in [2.75, 3.05) is 46.1 Å². The highest BCUT2D eigenvalue weighted by atomic mass is 35.5. The quantitative estimate of drug-likeness (QED) is 0.908. The fraction of sp³-hybridized carbons (Fsp3) is 0.600. The predicted octanol–water partition coefficient (Wildman–Crippen LogP) is 1.32. The van der Waals surface area contributed by atoms with Gasteiger partial charge in [0.2, 0.25) is 0 Å². The summed E-state index contributed by atoms with van der Waals surface area (Å²) in [6, 6.07) is 3.91. The first-order valence-electron chi connectivity index (χ1n) is 7.33. The summed E-state index contributed by atoms with van der Waals surface area (Å²) >= 11 is 6.20. The normalized spacial score (nSPS) is 20.1. The lowest BCUT2D eigenvalue weighted by Gasteiger charge is -2.35. The second-order valence-electron chi connectivity index (χ2n) is 5.51. The number of ether oxygens (including phenoxy) is 2. The lowest BCUT2D eigenvalue weighted by atomic mass is 10.1. The SMILES string of the molecule is OCCN1CCN(Cc2cc(Cl)cc3c2OCOC3)CC1. The number of rotatable bonds is 4. The van der Waals surface area contributed by atoms with E-state index in [2.05, 4.69) is 9.80 Å². The Bertz CT molecular complexity index is 490.